The SMILES string of the molecule is O=C([C@H]1CSCN1C(=O)c1ccccc1)N1CCc2ccccc2C1. The molecule has 2 aliphatic heterocycles. The maximum atomic E-state index is 13.1. The van der Waals surface area contributed by atoms with E-state index in [-0.39, 0.29) is 17.9 Å². The summed E-state index contributed by atoms with van der Waals surface area (Å²) in [4.78, 5) is 29.5. The number of carbonyl (C=O) groups excluding carboxylic acids is 2. The monoisotopic (exact) mass is 352 g/mol. The molecule has 0 N–H and O–H groups in total. The predicted octanol–water partition coefficient (Wildman–Crippen LogP) is 2.79. The van der Waals surface area contributed by atoms with Gasteiger partial charge in [-0.15, -0.1) is 11.8 Å². The predicted molar refractivity (Wildman–Crippen MR) is 99.3 cm³/mol. The Morgan fingerprint density at radius 1 is 0.960 bits per heavy atom. The number of hydrogen-bond acceptors (Lipinski definition) is 3. The Balaban J connectivity index is 1.51. The zero-order valence-electron chi connectivity index (χ0n) is 13.9. The fourth-order valence-corrected chi connectivity index (χ4v) is 4.63. The van der Waals surface area contributed by atoms with Crippen LogP contribution in [0.2, 0.25) is 0 Å². The molecular weight excluding hydrogens is 332 g/mol. The second-order valence-electron chi connectivity index (χ2n) is 6.44. The maximum absolute atomic E-state index is 13.1. The van der Waals surface area contributed by atoms with Gasteiger partial charge in [0, 0.05) is 24.4 Å². The fraction of sp³-hybridized carbons (Fsp3) is 0.300. The van der Waals surface area contributed by atoms with Crippen LogP contribution < -0.4 is 0 Å². The first-order valence-electron chi connectivity index (χ1n) is 8.53. The Morgan fingerprint density at radius 3 is 2.48 bits per heavy atom. The summed E-state index contributed by atoms with van der Waals surface area (Å²) in [5.41, 5.74) is 3.19. The van der Waals surface area contributed by atoms with Crippen molar-refractivity contribution in [3.8, 4) is 0 Å². The van der Waals surface area contributed by atoms with Gasteiger partial charge in [-0.1, -0.05) is 42.5 Å². The average molecular weight is 352 g/mol. The second-order valence-corrected chi connectivity index (χ2v) is 7.43. The van der Waals surface area contributed by atoms with Crippen LogP contribution in [0.1, 0.15) is 21.5 Å². The number of nitrogens with zero attached hydrogens (tertiary/aromatic N) is 2. The van der Waals surface area contributed by atoms with Gasteiger partial charge in [-0.2, -0.15) is 0 Å². The highest BCUT2D eigenvalue weighted by Crippen LogP contribution is 2.27. The van der Waals surface area contributed by atoms with E-state index in [9.17, 15) is 9.59 Å². The van der Waals surface area contributed by atoms with E-state index in [1.165, 1.54) is 11.1 Å². The molecule has 2 aromatic rings. The van der Waals surface area contributed by atoms with Crippen molar-refractivity contribution in [2.45, 2.75) is 19.0 Å². The van der Waals surface area contributed by atoms with Gasteiger partial charge >= 0.3 is 0 Å². The van der Waals surface area contributed by atoms with E-state index in [0.29, 0.717) is 23.7 Å². The molecule has 0 aromatic heterocycles. The van der Waals surface area contributed by atoms with Crippen molar-refractivity contribution in [3.63, 3.8) is 0 Å². The lowest BCUT2D eigenvalue weighted by Crippen LogP contribution is -2.50. The Labute approximate surface area is 151 Å². The van der Waals surface area contributed by atoms with Crippen molar-refractivity contribution in [3.05, 3.63) is 71.3 Å². The first kappa shape index (κ1) is 16.2. The first-order chi connectivity index (χ1) is 12.2. The molecular formula is C20H20N2O2S. The summed E-state index contributed by atoms with van der Waals surface area (Å²) >= 11 is 1.65. The van der Waals surface area contributed by atoms with Gasteiger partial charge in [0.15, 0.2) is 0 Å². The number of amides is 2. The van der Waals surface area contributed by atoms with Gasteiger partial charge in [0.25, 0.3) is 5.91 Å². The van der Waals surface area contributed by atoms with Gasteiger partial charge in [-0.25, -0.2) is 0 Å². The minimum Gasteiger partial charge on any atom is -0.336 e. The Bertz CT molecular complexity index is 793. The third kappa shape index (κ3) is 3.16. The van der Waals surface area contributed by atoms with Crippen LogP contribution in [-0.4, -0.2) is 45.8 Å². The summed E-state index contributed by atoms with van der Waals surface area (Å²) in [5.74, 6) is 1.27. The fourth-order valence-electron chi connectivity index (χ4n) is 3.49. The lowest BCUT2D eigenvalue weighted by atomic mass is 9.99. The molecule has 1 saturated heterocycles. The van der Waals surface area contributed by atoms with Crippen molar-refractivity contribution in [1.29, 1.82) is 0 Å². The van der Waals surface area contributed by atoms with Crippen molar-refractivity contribution in [1.82, 2.24) is 9.80 Å². The van der Waals surface area contributed by atoms with E-state index in [1.54, 1.807) is 16.7 Å². The van der Waals surface area contributed by atoms with Gasteiger partial charge in [0.1, 0.15) is 6.04 Å². The standard InChI is InChI=1S/C20H20N2O2S/c23-19(16-7-2-1-3-8-16)22-14-25-13-18(22)20(24)21-11-10-15-6-4-5-9-17(15)12-21/h1-9,18H,10-14H2/t18-/m1/s1. The van der Waals surface area contributed by atoms with Crippen LogP contribution in [0.4, 0.5) is 0 Å². The van der Waals surface area contributed by atoms with Crippen LogP contribution in [0.25, 0.3) is 0 Å². The minimum atomic E-state index is -0.358. The van der Waals surface area contributed by atoms with Crippen LogP contribution in [-0.2, 0) is 17.8 Å². The molecule has 0 saturated carbocycles. The summed E-state index contributed by atoms with van der Waals surface area (Å²) in [6, 6.07) is 17.1. The Kier molecular flexibility index (Phi) is 4.49. The highest BCUT2D eigenvalue weighted by molar-refractivity contribution is 7.99. The smallest absolute Gasteiger partial charge is 0.255 e. The highest BCUT2D eigenvalue weighted by Gasteiger charge is 2.38. The Hall–Kier alpha value is -2.27. The van der Waals surface area contributed by atoms with Gasteiger partial charge in [0.2, 0.25) is 5.91 Å². The zero-order chi connectivity index (χ0) is 17.2. The molecule has 1 fully saturated rings. The van der Waals surface area contributed by atoms with Crippen molar-refractivity contribution < 1.29 is 9.59 Å². The molecule has 2 heterocycles. The number of thioether (sulfide) groups is 1. The third-order valence-corrected chi connectivity index (χ3v) is 5.90. The molecule has 1 atom stereocenters. The lowest BCUT2D eigenvalue weighted by Gasteiger charge is -2.33. The van der Waals surface area contributed by atoms with E-state index in [1.807, 2.05) is 47.4 Å². The summed E-state index contributed by atoms with van der Waals surface area (Å²) in [6.07, 6.45) is 0.883. The van der Waals surface area contributed by atoms with E-state index < -0.39 is 0 Å². The number of carbonyl (C=O) groups is 2. The highest BCUT2D eigenvalue weighted by atomic mass is 32.2. The van der Waals surface area contributed by atoms with Crippen molar-refractivity contribution in [2.24, 2.45) is 0 Å². The molecule has 2 amide bonds. The average Bonchev–Trinajstić information content (AvgIpc) is 3.17. The summed E-state index contributed by atoms with van der Waals surface area (Å²) < 4.78 is 0. The van der Waals surface area contributed by atoms with Crippen LogP contribution in [0.5, 0.6) is 0 Å². The van der Waals surface area contributed by atoms with Gasteiger partial charge in [-0.05, 0) is 29.7 Å². The molecule has 2 aromatic carbocycles. The quantitative estimate of drug-likeness (QED) is 0.834. The van der Waals surface area contributed by atoms with Gasteiger partial charge in [0.05, 0.1) is 5.88 Å². The van der Waals surface area contributed by atoms with Crippen LogP contribution >= 0.6 is 11.8 Å². The van der Waals surface area contributed by atoms with Crippen LogP contribution in [0.3, 0.4) is 0 Å². The maximum Gasteiger partial charge on any atom is 0.255 e. The van der Waals surface area contributed by atoms with Crippen molar-refractivity contribution >= 4 is 23.6 Å². The minimum absolute atomic E-state index is 0.0543. The molecule has 5 heteroatoms. The molecule has 4 nitrogen and oxygen atoms in total. The molecule has 0 unspecified atom stereocenters. The van der Waals surface area contributed by atoms with E-state index in [4.69, 9.17) is 0 Å². The lowest BCUT2D eigenvalue weighted by molar-refractivity contribution is -0.135. The zero-order valence-corrected chi connectivity index (χ0v) is 14.7. The molecule has 4 rings (SSSR count). The van der Waals surface area contributed by atoms with E-state index in [0.717, 1.165) is 13.0 Å². The van der Waals surface area contributed by atoms with Crippen LogP contribution in [0, 0.1) is 0 Å². The number of hydrogen-bond donors (Lipinski definition) is 0. The van der Waals surface area contributed by atoms with E-state index in [2.05, 4.69) is 12.1 Å². The molecule has 2 aliphatic rings. The number of rotatable bonds is 2. The molecule has 0 spiro atoms. The molecule has 0 aliphatic carbocycles. The van der Waals surface area contributed by atoms with Crippen molar-refractivity contribution in [2.75, 3.05) is 18.2 Å². The number of fused-ring (bicyclic) bond motifs is 1. The second kappa shape index (κ2) is 6.92. The topological polar surface area (TPSA) is 40.6 Å². The van der Waals surface area contributed by atoms with E-state index >= 15 is 0 Å². The Morgan fingerprint density at radius 2 is 1.68 bits per heavy atom. The largest absolute Gasteiger partial charge is 0.336 e. The van der Waals surface area contributed by atoms with Crippen LogP contribution in [0.15, 0.2) is 54.6 Å². The molecule has 128 valence electrons. The summed E-state index contributed by atoms with van der Waals surface area (Å²) in [6.45, 7) is 1.37. The van der Waals surface area contributed by atoms with Gasteiger partial charge in [-0.3, -0.25) is 9.59 Å². The molecule has 0 radical (unpaired) electrons. The van der Waals surface area contributed by atoms with Gasteiger partial charge < -0.3 is 9.80 Å². The molecule has 0 bridgehead atoms. The summed E-state index contributed by atoms with van der Waals surface area (Å²) in [7, 11) is 0. The normalized spacial score (nSPS) is 19.6. The summed E-state index contributed by atoms with van der Waals surface area (Å²) in [5, 5.41) is 0. The number of benzene rings is 2. The first-order valence-corrected chi connectivity index (χ1v) is 9.69. The molecule has 25 heavy (non-hydrogen) atoms. The third-order valence-electron chi connectivity index (χ3n) is 4.89.